The minimum absolute atomic E-state index is 0.0837. The van der Waals surface area contributed by atoms with Gasteiger partial charge >= 0.3 is 0 Å². The first kappa shape index (κ1) is 12.0. The molecule has 0 bridgehead atoms. The fourth-order valence-corrected chi connectivity index (χ4v) is 1.39. The van der Waals surface area contributed by atoms with Gasteiger partial charge in [-0.1, -0.05) is 20.8 Å². The van der Waals surface area contributed by atoms with E-state index in [-0.39, 0.29) is 10.6 Å². The first-order valence-electron chi connectivity index (χ1n) is 4.14. The van der Waals surface area contributed by atoms with Crippen molar-refractivity contribution in [2.75, 3.05) is 5.75 Å². The first-order chi connectivity index (χ1) is 6.17. The minimum Gasteiger partial charge on any atom is -0.243 e. The van der Waals surface area contributed by atoms with Crippen LogP contribution in [0.2, 0.25) is 0 Å². The van der Waals surface area contributed by atoms with Crippen LogP contribution in [0.3, 0.4) is 0 Å². The van der Waals surface area contributed by atoms with E-state index in [1.807, 2.05) is 13.8 Å². The molecule has 0 amide bonds. The molecular formula is C8H14N2O2S. The van der Waals surface area contributed by atoms with Crippen LogP contribution in [0.1, 0.15) is 20.8 Å². The Morgan fingerprint density at radius 3 is 2.08 bits per heavy atom. The second kappa shape index (κ2) is 5.64. The fraction of sp³-hybridized carbons (Fsp3) is 0.500. The van der Waals surface area contributed by atoms with E-state index in [9.17, 15) is 8.42 Å². The molecule has 1 heterocycles. The summed E-state index contributed by atoms with van der Waals surface area (Å²) in [6.07, 6.45) is 3.90. The van der Waals surface area contributed by atoms with Gasteiger partial charge in [-0.05, 0) is 0 Å². The predicted octanol–water partition coefficient (Wildman–Crippen LogP) is 1.30. The summed E-state index contributed by atoms with van der Waals surface area (Å²) in [6.45, 7) is 5.59. The van der Waals surface area contributed by atoms with Crippen molar-refractivity contribution in [2.45, 2.75) is 25.7 Å². The van der Waals surface area contributed by atoms with Gasteiger partial charge in [-0.25, -0.2) is 18.4 Å². The molecule has 74 valence electrons. The average Bonchev–Trinajstić information content (AvgIpc) is 2.22. The predicted molar refractivity (Wildman–Crippen MR) is 51.1 cm³/mol. The molecule has 0 saturated heterocycles. The van der Waals surface area contributed by atoms with Gasteiger partial charge in [0.15, 0.2) is 9.84 Å². The van der Waals surface area contributed by atoms with Crippen molar-refractivity contribution < 1.29 is 8.42 Å². The normalized spacial score (nSPS) is 10.1. The molecule has 0 aliphatic carbocycles. The zero-order valence-electron chi connectivity index (χ0n) is 8.06. The third-order valence-corrected chi connectivity index (χ3v) is 2.97. The summed E-state index contributed by atoms with van der Waals surface area (Å²) in [5, 5.41) is 0. The summed E-state index contributed by atoms with van der Waals surface area (Å²) in [4.78, 5) is 7.40. The van der Waals surface area contributed by atoms with Gasteiger partial charge in [-0.3, -0.25) is 0 Å². The largest absolute Gasteiger partial charge is 0.243 e. The number of hydrogen-bond acceptors (Lipinski definition) is 4. The Morgan fingerprint density at radius 2 is 1.69 bits per heavy atom. The Hall–Kier alpha value is -0.970. The van der Waals surface area contributed by atoms with E-state index >= 15 is 0 Å². The van der Waals surface area contributed by atoms with Gasteiger partial charge < -0.3 is 0 Å². The minimum atomic E-state index is -3.12. The van der Waals surface area contributed by atoms with Crippen LogP contribution in [0.15, 0.2) is 23.6 Å². The smallest absolute Gasteiger partial charge is 0.181 e. The number of nitrogens with zero attached hydrogens (tertiary/aromatic N) is 2. The monoisotopic (exact) mass is 202 g/mol. The lowest BCUT2D eigenvalue weighted by Gasteiger charge is -1.96. The van der Waals surface area contributed by atoms with E-state index in [0.29, 0.717) is 0 Å². The zero-order valence-corrected chi connectivity index (χ0v) is 8.87. The highest BCUT2D eigenvalue weighted by molar-refractivity contribution is 7.91. The Kier molecular flexibility index (Phi) is 5.22. The van der Waals surface area contributed by atoms with Gasteiger partial charge in [0.2, 0.25) is 0 Å². The molecule has 1 aromatic heterocycles. The van der Waals surface area contributed by atoms with Crippen molar-refractivity contribution in [2.24, 2.45) is 0 Å². The topological polar surface area (TPSA) is 59.9 Å². The molecule has 0 radical (unpaired) electrons. The number of hydrogen-bond donors (Lipinski definition) is 0. The average molecular weight is 202 g/mol. The van der Waals surface area contributed by atoms with Gasteiger partial charge in [0.1, 0.15) is 11.2 Å². The molecule has 1 aromatic rings. The lowest BCUT2D eigenvalue weighted by atomic mass is 10.7. The molecule has 13 heavy (non-hydrogen) atoms. The summed E-state index contributed by atoms with van der Waals surface area (Å²) < 4.78 is 22.2. The van der Waals surface area contributed by atoms with Crippen LogP contribution in [0.4, 0.5) is 0 Å². The van der Waals surface area contributed by atoms with Gasteiger partial charge in [-0.2, -0.15) is 0 Å². The van der Waals surface area contributed by atoms with Crippen LogP contribution in [-0.4, -0.2) is 24.1 Å². The van der Waals surface area contributed by atoms with E-state index in [1.165, 1.54) is 18.7 Å². The Bertz CT molecular complexity index is 321. The van der Waals surface area contributed by atoms with Crippen LogP contribution in [0, 0.1) is 0 Å². The first-order valence-corrected chi connectivity index (χ1v) is 5.80. The summed E-state index contributed by atoms with van der Waals surface area (Å²) >= 11 is 0. The molecular weight excluding hydrogens is 188 g/mol. The number of aromatic nitrogens is 2. The van der Waals surface area contributed by atoms with Crippen LogP contribution < -0.4 is 0 Å². The summed E-state index contributed by atoms with van der Waals surface area (Å²) in [5.41, 5.74) is 0. The van der Waals surface area contributed by atoms with E-state index in [4.69, 9.17) is 0 Å². The molecule has 0 aromatic carbocycles. The van der Waals surface area contributed by atoms with E-state index in [2.05, 4.69) is 9.97 Å². The molecule has 0 atom stereocenters. The van der Waals surface area contributed by atoms with Crippen molar-refractivity contribution in [3.63, 3.8) is 0 Å². The van der Waals surface area contributed by atoms with Gasteiger partial charge in [0.25, 0.3) is 0 Å². The third kappa shape index (κ3) is 3.50. The summed E-state index contributed by atoms with van der Waals surface area (Å²) in [7, 11) is -3.12. The quantitative estimate of drug-likeness (QED) is 0.725. The van der Waals surface area contributed by atoms with Crippen LogP contribution in [0.5, 0.6) is 0 Å². The summed E-state index contributed by atoms with van der Waals surface area (Å²) in [6, 6.07) is 0. The Morgan fingerprint density at radius 1 is 1.23 bits per heavy atom. The highest BCUT2D eigenvalue weighted by Gasteiger charge is 2.10. The van der Waals surface area contributed by atoms with Gasteiger partial charge in [0, 0.05) is 12.4 Å². The molecule has 0 aliphatic heterocycles. The standard InChI is InChI=1S/C6H8N2O2S.C2H6/c1-2-11(9,10)6-3-7-5-8-4-6;1-2/h3-5H,2H2,1H3;1-2H3. The Balaban J connectivity index is 0.000000671. The molecule has 0 saturated carbocycles. The van der Waals surface area contributed by atoms with Crippen LogP contribution in [0.25, 0.3) is 0 Å². The molecule has 0 spiro atoms. The lowest BCUT2D eigenvalue weighted by Crippen LogP contribution is -2.04. The second-order valence-corrected chi connectivity index (χ2v) is 4.26. The van der Waals surface area contributed by atoms with E-state index < -0.39 is 9.84 Å². The fourth-order valence-electron chi connectivity index (χ4n) is 0.613. The van der Waals surface area contributed by atoms with Gasteiger partial charge in [-0.15, -0.1) is 0 Å². The van der Waals surface area contributed by atoms with Gasteiger partial charge in [0.05, 0.1) is 5.75 Å². The maximum absolute atomic E-state index is 11.1. The molecule has 1 rings (SSSR count). The van der Waals surface area contributed by atoms with Crippen LogP contribution in [-0.2, 0) is 9.84 Å². The molecule has 0 aliphatic rings. The van der Waals surface area contributed by atoms with Crippen molar-refractivity contribution in [3.05, 3.63) is 18.7 Å². The second-order valence-electron chi connectivity index (χ2n) is 1.98. The Labute approximate surface area is 79.0 Å². The maximum Gasteiger partial charge on any atom is 0.181 e. The molecule has 0 N–H and O–H groups in total. The molecule has 0 fully saturated rings. The number of rotatable bonds is 2. The highest BCUT2D eigenvalue weighted by Crippen LogP contribution is 2.05. The molecule has 4 nitrogen and oxygen atoms in total. The zero-order chi connectivity index (χ0) is 10.3. The molecule has 5 heteroatoms. The SMILES string of the molecule is CC.CCS(=O)(=O)c1cncnc1. The maximum atomic E-state index is 11.1. The van der Waals surface area contributed by atoms with Crippen molar-refractivity contribution >= 4 is 9.84 Å². The molecule has 0 unspecified atom stereocenters. The van der Waals surface area contributed by atoms with Crippen molar-refractivity contribution in [3.8, 4) is 0 Å². The third-order valence-electron chi connectivity index (χ3n) is 1.28. The van der Waals surface area contributed by atoms with Crippen LogP contribution >= 0.6 is 0 Å². The van der Waals surface area contributed by atoms with E-state index in [0.717, 1.165) is 0 Å². The highest BCUT2D eigenvalue weighted by atomic mass is 32.2. The van der Waals surface area contributed by atoms with E-state index in [1.54, 1.807) is 6.92 Å². The summed E-state index contributed by atoms with van der Waals surface area (Å²) in [5.74, 6) is 0.0837. The van der Waals surface area contributed by atoms with Crippen molar-refractivity contribution in [1.29, 1.82) is 0 Å². The number of sulfone groups is 1. The lowest BCUT2D eigenvalue weighted by molar-refractivity contribution is 0.596. The van der Waals surface area contributed by atoms with Crippen molar-refractivity contribution in [1.82, 2.24) is 9.97 Å².